The lowest BCUT2D eigenvalue weighted by Crippen LogP contribution is -2.42. The third-order valence-electron chi connectivity index (χ3n) is 3.58. The van der Waals surface area contributed by atoms with E-state index in [0.717, 1.165) is 17.4 Å². The van der Waals surface area contributed by atoms with Gasteiger partial charge in [-0.05, 0) is 24.7 Å². The van der Waals surface area contributed by atoms with Crippen LogP contribution in [0.1, 0.15) is 45.6 Å². The van der Waals surface area contributed by atoms with Crippen LogP contribution in [0, 0.1) is 11.2 Å². The zero-order valence-corrected chi connectivity index (χ0v) is 11.2. The zero-order chi connectivity index (χ0) is 13.5. The second-order valence-corrected chi connectivity index (χ2v) is 6.03. The molecule has 1 aliphatic rings. The van der Waals surface area contributed by atoms with Crippen LogP contribution >= 0.6 is 11.6 Å². The minimum Gasteiger partial charge on any atom is -0.295 e. The molecular weight excluding hydrogens is 259 g/mol. The van der Waals surface area contributed by atoms with Crippen LogP contribution in [0.15, 0.2) is 9.59 Å². The van der Waals surface area contributed by atoms with Gasteiger partial charge in [0, 0.05) is 6.04 Å². The van der Waals surface area contributed by atoms with Crippen LogP contribution in [-0.2, 0) is 0 Å². The molecule has 1 aromatic heterocycles. The Morgan fingerprint density at radius 3 is 2.72 bits per heavy atom. The summed E-state index contributed by atoms with van der Waals surface area (Å²) in [5.41, 5.74) is -1.49. The van der Waals surface area contributed by atoms with Crippen molar-refractivity contribution < 1.29 is 4.39 Å². The van der Waals surface area contributed by atoms with E-state index in [0.29, 0.717) is 12.8 Å². The Hall–Kier alpha value is -1.10. The number of hydrogen-bond acceptors (Lipinski definition) is 2. The summed E-state index contributed by atoms with van der Waals surface area (Å²) in [4.78, 5) is 25.8. The number of halogens is 2. The molecule has 6 heteroatoms. The normalized spacial score (nSPS) is 23.0. The fraction of sp³-hybridized carbons (Fsp3) is 0.667. The van der Waals surface area contributed by atoms with Crippen LogP contribution in [0.4, 0.5) is 4.39 Å². The first-order valence-electron chi connectivity index (χ1n) is 6.02. The Labute approximate surface area is 109 Å². The van der Waals surface area contributed by atoms with Crippen LogP contribution in [0.3, 0.4) is 0 Å². The predicted molar refractivity (Wildman–Crippen MR) is 67.6 cm³/mol. The first-order chi connectivity index (χ1) is 8.32. The lowest BCUT2D eigenvalue weighted by Gasteiger charge is -2.35. The molecule has 0 saturated heterocycles. The Bertz CT molecular complexity index is 576. The van der Waals surface area contributed by atoms with E-state index >= 15 is 0 Å². The molecule has 1 fully saturated rings. The molecule has 1 atom stereocenters. The molecule has 18 heavy (non-hydrogen) atoms. The summed E-state index contributed by atoms with van der Waals surface area (Å²) >= 11 is 5.44. The summed E-state index contributed by atoms with van der Waals surface area (Å²) in [6, 6.07) is -0.253. The van der Waals surface area contributed by atoms with Gasteiger partial charge < -0.3 is 0 Å². The van der Waals surface area contributed by atoms with Crippen LogP contribution in [0.25, 0.3) is 0 Å². The smallest absolute Gasteiger partial charge is 0.295 e. The fourth-order valence-corrected chi connectivity index (χ4v) is 2.87. The van der Waals surface area contributed by atoms with Gasteiger partial charge in [-0.15, -0.1) is 0 Å². The maximum absolute atomic E-state index is 13.5. The number of H-pyrrole nitrogens is 1. The molecule has 0 radical (unpaired) electrons. The molecule has 0 amide bonds. The molecule has 1 saturated carbocycles. The van der Waals surface area contributed by atoms with Crippen molar-refractivity contribution in [3.8, 4) is 0 Å². The van der Waals surface area contributed by atoms with Crippen molar-refractivity contribution >= 4 is 11.6 Å². The second kappa shape index (κ2) is 4.53. The molecule has 1 heterocycles. The van der Waals surface area contributed by atoms with Gasteiger partial charge in [0.05, 0.1) is 0 Å². The van der Waals surface area contributed by atoms with Crippen molar-refractivity contribution in [2.45, 2.75) is 45.6 Å². The van der Waals surface area contributed by atoms with E-state index in [1.54, 1.807) is 0 Å². The van der Waals surface area contributed by atoms with Gasteiger partial charge in [-0.2, -0.15) is 4.39 Å². The highest BCUT2D eigenvalue weighted by Crippen LogP contribution is 2.39. The summed E-state index contributed by atoms with van der Waals surface area (Å²) in [7, 11) is 0. The van der Waals surface area contributed by atoms with Gasteiger partial charge in [0.15, 0.2) is 5.15 Å². The van der Waals surface area contributed by atoms with E-state index in [1.807, 2.05) is 0 Å². The highest BCUT2D eigenvalue weighted by molar-refractivity contribution is 6.29. The number of nitrogens with zero attached hydrogens (tertiary/aromatic N) is 1. The maximum Gasteiger partial charge on any atom is 0.329 e. The molecule has 1 unspecified atom stereocenters. The van der Waals surface area contributed by atoms with Crippen molar-refractivity contribution in [1.82, 2.24) is 9.55 Å². The number of nitrogens with one attached hydrogen (secondary N) is 1. The Kier molecular flexibility index (Phi) is 3.36. The van der Waals surface area contributed by atoms with E-state index < -0.39 is 22.2 Å². The van der Waals surface area contributed by atoms with Crippen molar-refractivity contribution in [1.29, 1.82) is 0 Å². The zero-order valence-electron chi connectivity index (χ0n) is 10.4. The van der Waals surface area contributed by atoms with Gasteiger partial charge in [0.25, 0.3) is 5.56 Å². The average Bonchev–Trinajstić information content (AvgIpc) is 2.25. The van der Waals surface area contributed by atoms with E-state index in [1.165, 1.54) is 0 Å². The quantitative estimate of drug-likeness (QED) is 0.800. The minimum absolute atomic E-state index is 0.0604. The highest BCUT2D eigenvalue weighted by Gasteiger charge is 2.31. The maximum atomic E-state index is 13.5. The number of aromatic nitrogens is 2. The summed E-state index contributed by atoms with van der Waals surface area (Å²) in [5, 5.41) is -0.517. The van der Waals surface area contributed by atoms with Gasteiger partial charge >= 0.3 is 5.69 Å². The summed E-state index contributed by atoms with van der Waals surface area (Å²) in [6.07, 6.45) is 3.38. The van der Waals surface area contributed by atoms with Crippen LogP contribution in [0.2, 0.25) is 5.15 Å². The van der Waals surface area contributed by atoms with Gasteiger partial charge in [0.2, 0.25) is 5.82 Å². The summed E-state index contributed by atoms with van der Waals surface area (Å²) in [6.45, 7) is 4.18. The number of hydrogen-bond donors (Lipinski definition) is 1. The summed E-state index contributed by atoms with van der Waals surface area (Å²) in [5.74, 6) is -1.08. The molecule has 2 rings (SSSR count). The Balaban J connectivity index is 2.49. The highest BCUT2D eigenvalue weighted by atomic mass is 35.5. The summed E-state index contributed by atoms with van der Waals surface area (Å²) < 4.78 is 14.5. The SMILES string of the molecule is CC1(C)CCCC(n2c(=O)[nH]c(Cl)c(F)c2=O)C1. The molecule has 1 aliphatic carbocycles. The van der Waals surface area contributed by atoms with Gasteiger partial charge in [-0.3, -0.25) is 14.3 Å². The van der Waals surface area contributed by atoms with Crippen LogP contribution in [-0.4, -0.2) is 9.55 Å². The minimum atomic E-state index is -1.08. The van der Waals surface area contributed by atoms with Crippen LogP contribution in [0.5, 0.6) is 0 Å². The van der Waals surface area contributed by atoms with Crippen molar-refractivity contribution in [3.05, 3.63) is 31.8 Å². The molecule has 0 aliphatic heterocycles. The first kappa shape index (κ1) is 13.3. The van der Waals surface area contributed by atoms with Gasteiger partial charge in [0.1, 0.15) is 0 Å². The average molecular weight is 275 g/mol. The van der Waals surface area contributed by atoms with E-state index in [-0.39, 0.29) is 11.5 Å². The molecule has 100 valence electrons. The van der Waals surface area contributed by atoms with Gasteiger partial charge in [-0.1, -0.05) is 31.9 Å². The molecule has 1 aromatic rings. The Morgan fingerprint density at radius 2 is 2.11 bits per heavy atom. The largest absolute Gasteiger partial charge is 0.329 e. The molecule has 4 nitrogen and oxygen atoms in total. The van der Waals surface area contributed by atoms with E-state index in [2.05, 4.69) is 18.8 Å². The molecule has 0 bridgehead atoms. The standard InChI is InChI=1S/C12H16ClFN2O2/c1-12(2)5-3-4-7(6-12)16-10(17)8(14)9(13)15-11(16)18/h7H,3-6H2,1-2H3,(H,15,18). The van der Waals surface area contributed by atoms with E-state index in [4.69, 9.17) is 11.6 Å². The van der Waals surface area contributed by atoms with Crippen LogP contribution < -0.4 is 11.2 Å². The lowest BCUT2D eigenvalue weighted by atomic mass is 9.75. The molecule has 1 N–H and O–H groups in total. The topological polar surface area (TPSA) is 54.9 Å². The second-order valence-electron chi connectivity index (χ2n) is 5.65. The number of aromatic amines is 1. The third kappa shape index (κ3) is 2.36. The third-order valence-corrected chi connectivity index (χ3v) is 3.84. The molecule has 0 spiro atoms. The predicted octanol–water partition coefficient (Wildman–Crippen LogP) is 2.47. The van der Waals surface area contributed by atoms with Crippen molar-refractivity contribution in [2.75, 3.05) is 0 Å². The lowest BCUT2D eigenvalue weighted by molar-refractivity contribution is 0.176. The molecular formula is C12H16ClFN2O2. The van der Waals surface area contributed by atoms with Gasteiger partial charge in [-0.25, -0.2) is 4.79 Å². The monoisotopic (exact) mass is 274 g/mol. The van der Waals surface area contributed by atoms with E-state index in [9.17, 15) is 14.0 Å². The number of rotatable bonds is 1. The van der Waals surface area contributed by atoms with Crippen molar-refractivity contribution in [2.24, 2.45) is 5.41 Å². The van der Waals surface area contributed by atoms with Crippen molar-refractivity contribution in [3.63, 3.8) is 0 Å². The molecule has 0 aromatic carbocycles. The fourth-order valence-electron chi connectivity index (χ4n) is 2.71. The Morgan fingerprint density at radius 1 is 1.44 bits per heavy atom. The first-order valence-corrected chi connectivity index (χ1v) is 6.39.